The van der Waals surface area contributed by atoms with Gasteiger partial charge in [0.05, 0.1) is 17.7 Å². The third kappa shape index (κ3) is 1.67. The molecule has 1 aliphatic rings. The molecule has 1 aromatic heterocycles. The highest BCUT2D eigenvalue weighted by atomic mass is 16.5. The molecule has 2 rings (SSSR count). The Hall–Kier alpha value is -0.870. The average Bonchev–Trinajstić information content (AvgIpc) is 2.67. The summed E-state index contributed by atoms with van der Waals surface area (Å²) >= 11 is 0. The lowest BCUT2D eigenvalue weighted by Gasteiger charge is -2.30. The summed E-state index contributed by atoms with van der Waals surface area (Å²) in [5.74, 6) is 0.762. The van der Waals surface area contributed by atoms with Crippen molar-refractivity contribution in [1.82, 2.24) is 4.98 Å². The zero-order valence-corrected chi connectivity index (χ0v) is 8.45. The van der Waals surface area contributed by atoms with Gasteiger partial charge < -0.3 is 14.9 Å². The van der Waals surface area contributed by atoms with Crippen LogP contribution in [0, 0.1) is 0 Å². The molecule has 4 heteroatoms. The second-order valence-electron chi connectivity index (χ2n) is 4.06. The fourth-order valence-electron chi connectivity index (χ4n) is 1.78. The van der Waals surface area contributed by atoms with E-state index in [2.05, 4.69) is 11.9 Å². The van der Waals surface area contributed by atoms with Gasteiger partial charge in [0, 0.05) is 13.2 Å². The maximum atomic E-state index is 5.48. The molecule has 1 aromatic rings. The molecule has 0 saturated carbocycles. The summed E-state index contributed by atoms with van der Waals surface area (Å²) < 4.78 is 10.9. The van der Waals surface area contributed by atoms with E-state index in [4.69, 9.17) is 14.9 Å². The molecular weight excluding hydrogens is 180 g/mol. The number of nitrogens with two attached hydrogens (primary N) is 1. The number of rotatable bonds is 2. The average molecular weight is 196 g/mol. The molecule has 0 bridgehead atoms. The van der Waals surface area contributed by atoms with Crippen LogP contribution in [0.15, 0.2) is 10.7 Å². The summed E-state index contributed by atoms with van der Waals surface area (Å²) in [5.41, 5.74) is 6.23. The van der Waals surface area contributed by atoms with Crippen LogP contribution in [0.1, 0.15) is 31.4 Å². The molecule has 2 N–H and O–H groups in total. The van der Waals surface area contributed by atoms with E-state index in [0.717, 1.165) is 31.0 Å². The Bertz CT molecular complexity index is 303. The van der Waals surface area contributed by atoms with Gasteiger partial charge in [0.15, 0.2) is 0 Å². The van der Waals surface area contributed by atoms with Crippen molar-refractivity contribution in [2.24, 2.45) is 5.73 Å². The molecule has 0 aliphatic carbocycles. The summed E-state index contributed by atoms with van der Waals surface area (Å²) in [4.78, 5) is 4.35. The number of hydrogen-bond donors (Lipinski definition) is 1. The van der Waals surface area contributed by atoms with Gasteiger partial charge >= 0.3 is 0 Å². The largest absolute Gasteiger partial charge is 0.448 e. The molecule has 0 aromatic carbocycles. The highest BCUT2D eigenvalue weighted by Crippen LogP contribution is 2.31. The van der Waals surface area contributed by atoms with E-state index in [0.29, 0.717) is 13.2 Å². The van der Waals surface area contributed by atoms with Gasteiger partial charge in [-0.3, -0.25) is 0 Å². The van der Waals surface area contributed by atoms with Crippen LogP contribution in [-0.2, 0) is 16.7 Å². The molecule has 1 unspecified atom stereocenters. The maximum absolute atomic E-state index is 5.48. The Labute approximate surface area is 83.4 Å². The maximum Gasteiger partial charge on any atom is 0.202 e. The smallest absolute Gasteiger partial charge is 0.202 e. The predicted octanol–water partition coefficient (Wildman–Crippen LogP) is 1.20. The second kappa shape index (κ2) is 3.71. The fourth-order valence-corrected chi connectivity index (χ4v) is 1.78. The van der Waals surface area contributed by atoms with E-state index >= 15 is 0 Å². The van der Waals surface area contributed by atoms with Crippen molar-refractivity contribution in [3.05, 3.63) is 17.8 Å². The third-order valence-corrected chi connectivity index (χ3v) is 2.72. The predicted molar refractivity (Wildman–Crippen MR) is 51.8 cm³/mol. The zero-order valence-electron chi connectivity index (χ0n) is 8.45. The normalized spacial score (nSPS) is 27.9. The van der Waals surface area contributed by atoms with Crippen molar-refractivity contribution in [3.63, 3.8) is 0 Å². The molecule has 4 nitrogen and oxygen atoms in total. The minimum atomic E-state index is -0.0638. The van der Waals surface area contributed by atoms with E-state index in [-0.39, 0.29) is 5.41 Å². The summed E-state index contributed by atoms with van der Waals surface area (Å²) in [6.45, 7) is 4.09. The first kappa shape index (κ1) is 9.68. The van der Waals surface area contributed by atoms with Gasteiger partial charge in [-0.15, -0.1) is 0 Å². The standard InChI is InChI=1S/C10H16N2O2/c1-10(3-2-4-13-7-10)9-12-8(5-11)6-14-9/h6H,2-5,7,11H2,1H3. The Morgan fingerprint density at radius 1 is 1.64 bits per heavy atom. The van der Waals surface area contributed by atoms with Crippen LogP contribution in [-0.4, -0.2) is 18.2 Å². The Kier molecular flexibility index (Phi) is 2.56. The van der Waals surface area contributed by atoms with E-state index in [9.17, 15) is 0 Å². The molecule has 1 atom stereocenters. The summed E-state index contributed by atoms with van der Waals surface area (Å²) in [5, 5.41) is 0. The summed E-state index contributed by atoms with van der Waals surface area (Å²) in [6.07, 6.45) is 3.77. The van der Waals surface area contributed by atoms with Crippen molar-refractivity contribution in [2.45, 2.75) is 31.7 Å². The van der Waals surface area contributed by atoms with E-state index in [1.165, 1.54) is 0 Å². The second-order valence-corrected chi connectivity index (χ2v) is 4.06. The number of ether oxygens (including phenoxy) is 1. The monoisotopic (exact) mass is 196 g/mol. The molecule has 2 heterocycles. The molecule has 0 amide bonds. The van der Waals surface area contributed by atoms with Gasteiger partial charge in [-0.05, 0) is 19.8 Å². The third-order valence-electron chi connectivity index (χ3n) is 2.72. The molecule has 0 spiro atoms. The van der Waals surface area contributed by atoms with Crippen LogP contribution in [0.4, 0.5) is 0 Å². The Balaban J connectivity index is 2.19. The van der Waals surface area contributed by atoms with Crippen LogP contribution in [0.25, 0.3) is 0 Å². The molecule has 1 fully saturated rings. The van der Waals surface area contributed by atoms with E-state index in [1.807, 2.05) is 0 Å². The highest BCUT2D eigenvalue weighted by molar-refractivity contribution is 5.07. The van der Waals surface area contributed by atoms with Crippen molar-refractivity contribution >= 4 is 0 Å². The number of hydrogen-bond acceptors (Lipinski definition) is 4. The first-order valence-electron chi connectivity index (χ1n) is 4.97. The van der Waals surface area contributed by atoms with Gasteiger partial charge in [-0.25, -0.2) is 4.98 Å². The van der Waals surface area contributed by atoms with Crippen molar-refractivity contribution in [3.8, 4) is 0 Å². The zero-order chi connectivity index (χ0) is 10.0. The highest BCUT2D eigenvalue weighted by Gasteiger charge is 2.34. The lowest BCUT2D eigenvalue weighted by Crippen LogP contribution is -2.33. The molecule has 0 radical (unpaired) electrons. The molecule has 78 valence electrons. The van der Waals surface area contributed by atoms with Crippen molar-refractivity contribution in [2.75, 3.05) is 13.2 Å². The first-order valence-corrected chi connectivity index (χ1v) is 4.97. The molecule has 1 saturated heterocycles. The Morgan fingerprint density at radius 3 is 3.07 bits per heavy atom. The number of oxazole rings is 1. The van der Waals surface area contributed by atoms with Gasteiger partial charge in [-0.2, -0.15) is 0 Å². The van der Waals surface area contributed by atoms with E-state index < -0.39 is 0 Å². The minimum absolute atomic E-state index is 0.0638. The summed E-state index contributed by atoms with van der Waals surface area (Å²) in [7, 11) is 0. The molecule has 14 heavy (non-hydrogen) atoms. The first-order chi connectivity index (χ1) is 6.74. The lowest BCUT2D eigenvalue weighted by atomic mass is 9.85. The van der Waals surface area contributed by atoms with Crippen LogP contribution in [0.3, 0.4) is 0 Å². The Morgan fingerprint density at radius 2 is 2.50 bits per heavy atom. The van der Waals surface area contributed by atoms with Crippen LogP contribution >= 0.6 is 0 Å². The van der Waals surface area contributed by atoms with Gasteiger partial charge in [0.2, 0.25) is 5.89 Å². The topological polar surface area (TPSA) is 61.3 Å². The summed E-state index contributed by atoms with van der Waals surface area (Å²) in [6, 6.07) is 0. The quantitative estimate of drug-likeness (QED) is 0.772. The van der Waals surface area contributed by atoms with Crippen molar-refractivity contribution in [1.29, 1.82) is 0 Å². The molecule has 1 aliphatic heterocycles. The van der Waals surface area contributed by atoms with Crippen molar-refractivity contribution < 1.29 is 9.15 Å². The van der Waals surface area contributed by atoms with E-state index in [1.54, 1.807) is 6.26 Å². The minimum Gasteiger partial charge on any atom is -0.448 e. The van der Waals surface area contributed by atoms with Crippen LogP contribution in [0.5, 0.6) is 0 Å². The van der Waals surface area contributed by atoms with Gasteiger partial charge in [0.25, 0.3) is 0 Å². The molecular formula is C10H16N2O2. The number of aromatic nitrogens is 1. The van der Waals surface area contributed by atoms with Crippen LogP contribution in [0.2, 0.25) is 0 Å². The van der Waals surface area contributed by atoms with Crippen LogP contribution < -0.4 is 5.73 Å². The number of nitrogens with zero attached hydrogens (tertiary/aromatic N) is 1. The van der Waals surface area contributed by atoms with Gasteiger partial charge in [-0.1, -0.05) is 0 Å². The SMILES string of the molecule is CC1(c2nc(CN)co2)CCCOC1. The lowest BCUT2D eigenvalue weighted by molar-refractivity contribution is 0.0307. The fraction of sp³-hybridized carbons (Fsp3) is 0.700. The van der Waals surface area contributed by atoms with Gasteiger partial charge in [0.1, 0.15) is 6.26 Å².